The van der Waals surface area contributed by atoms with Crippen LogP contribution >= 0.6 is 15.9 Å². The van der Waals surface area contributed by atoms with Gasteiger partial charge in [0.25, 0.3) is 5.91 Å². The maximum absolute atomic E-state index is 14.0. The Hall–Kier alpha value is -1.76. The van der Waals surface area contributed by atoms with Gasteiger partial charge in [0.15, 0.2) is 0 Å². The number of nitrogens with one attached hydrogen (secondary N) is 1. The number of carbonyl (C=O) groups excluding carboxylic acids is 3. The molecule has 0 radical (unpaired) electrons. The van der Waals surface area contributed by atoms with E-state index in [0.29, 0.717) is 24.9 Å². The van der Waals surface area contributed by atoms with Crippen molar-refractivity contribution in [2.75, 3.05) is 5.33 Å². The quantitative estimate of drug-likeness (QED) is 0.445. The number of nitrogens with zero attached hydrogens (tertiary/aromatic N) is 1. The van der Waals surface area contributed by atoms with Crippen molar-refractivity contribution in [3.8, 4) is 0 Å². The molecule has 1 aromatic carbocycles. The maximum Gasteiger partial charge on any atom is 0.255 e. The number of aryl methyl sites for hydroxylation is 1. The zero-order chi connectivity index (χ0) is 18.0. The number of halogens is 2. The summed E-state index contributed by atoms with van der Waals surface area (Å²) in [5, 5.41) is 3.22. The van der Waals surface area contributed by atoms with Crippen molar-refractivity contribution in [1.82, 2.24) is 10.2 Å². The van der Waals surface area contributed by atoms with Crippen LogP contribution in [0.1, 0.15) is 53.6 Å². The molecule has 2 aliphatic rings. The first-order chi connectivity index (χ1) is 12.0. The summed E-state index contributed by atoms with van der Waals surface area (Å²) in [6.07, 6.45) is 4.25. The Morgan fingerprint density at radius 2 is 2.00 bits per heavy atom. The van der Waals surface area contributed by atoms with Gasteiger partial charge in [-0.2, -0.15) is 0 Å². The van der Waals surface area contributed by atoms with E-state index >= 15 is 0 Å². The molecule has 0 aliphatic carbocycles. The molecular weight excluding hydrogens is 391 g/mol. The molecule has 134 valence electrons. The van der Waals surface area contributed by atoms with Gasteiger partial charge in [-0.25, -0.2) is 4.39 Å². The number of benzene rings is 1. The van der Waals surface area contributed by atoms with Crippen LogP contribution in [0.2, 0.25) is 0 Å². The van der Waals surface area contributed by atoms with Crippen LogP contribution in [0.5, 0.6) is 0 Å². The molecular formula is C18H20BrFN2O3. The van der Waals surface area contributed by atoms with E-state index in [1.807, 2.05) is 0 Å². The molecule has 1 saturated heterocycles. The number of amides is 3. The lowest BCUT2D eigenvalue weighted by Gasteiger charge is -2.29. The number of imide groups is 1. The minimum absolute atomic E-state index is 0.213. The second-order valence-electron chi connectivity index (χ2n) is 6.49. The molecule has 1 atom stereocenters. The van der Waals surface area contributed by atoms with E-state index in [9.17, 15) is 18.8 Å². The normalized spacial score (nSPS) is 20.0. The molecule has 3 rings (SSSR count). The first-order valence-electron chi connectivity index (χ1n) is 8.53. The van der Waals surface area contributed by atoms with E-state index in [-0.39, 0.29) is 18.2 Å². The van der Waals surface area contributed by atoms with Crippen LogP contribution in [0.25, 0.3) is 0 Å². The fourth-order valence-electron chi connectivity index (χ4n) is 3.51. The van der Waals surface area contributed by atoms with Gasteiger partial charge in [-0.15, -0.1) is 0 Å². The molecule has 1 fully saturated rings. The smallest absolute Gasteiger partial charge is 0.255 e. The largest absolute Gasteiger partial charge is 0.322 e. The van der Waals surface area contributed by atoms with E-state index in [0.717, 1.165) is 35.7 Å². The van der Waals surface area contributed by atoms with E-state index in [2.05, 4.69) is 21.2 Å². The Morgan fingerprint density at radius 3 is 2.72 bits per heavy atom. The molecule has 1 N–H and O–H groups in total. The Labute approximate surface area is 154 Å². The molecule has 5 nitrogen and oxygen atoms in total. The van der Waals surface area contributed by atoms with Crippen LogP contribution in [0, 0.1) is 5.82 Å². The van der Waals surface area contributed by atoms with Crippen LogP contribution in [0.4, 0.5) is 4.39 Å². The van der Waals surface area contributed by atoms with Crippen LogP contribution in [0.15, 0.2) is 12.1 Å². The summed E-state index contributed by atoms with van der Waals surface area (Å²) < 4.78 is 14.0. The SMILES string of the molecule is O=C1CCC(N2Cc3c(CCCCCBr)cc(F)cc3C2=O)C(=O)N1. The molecule has 0 saturated carbocycles. The van der Waals surface area contributed by atoms with Crippen molar-refractivity contribution in [3.05, 3.63) is 34.6 Å². The van der Waals surface area contributed by atoms with Gasteiger partial charge in [-0.3, -0.25) is 19.7 Å². The second-order valence-corrected chi connectivity index (χ2v) is 7.28. The molecule has 0 bridgehead atoms. The highest BCUT2D eigenvalue weighted by molar-refractivity contribution is 9.09. The third kappa shape index (κ3) is 3.76. The standard InChI is InChI=1S/C18H20BrFN2O3/c19-7-3-1-2-4-11-8-12(20)9-13-14(11)10-22(18(13)25)15-5-6-16(23)21-17(15)24/h8-9,15H,1-7,10H2,(H,21,23,24). The van der Waals surface area contributed by atoms with Crippen molar-refractivity contribution >= 4 is 33.7 Å². The van der Waals surface area contributed by atoms with Gasteiger partial charge in [-0.1, -0.05) is 22.4 Å². The van der Waals surface area contributed by atoms with Crippen LogP contribution in [0.3, 0.4) is 0 Å². The molecule has 1 aromatic rings. The second kappa shape index (κ2) is 7.64. The molecule has 2 heterocycles. The first-order valence-corrected chi connectivity index (χ1v) is 9.65. The summed E-state index contributed by atoms with van der Waals surface area (Å²) in [5.74, 6) is -1.51. The van der Waals surface area contributed by atoms with E-state index in [1.54, 1.807) is 0 Å². The molecule has 3 amide bonds. The molecule has 1 unspecified atom stereocenters. The van der Waals surface area contributed by atoms with Crippen molar-refractivity contribution in [3.63, 3.8) is 0 Å². The summed E-state index contributed by atoms with van der Waals surface area (Å²) in [6.45, 7) is 0.300. The lowest BCUT2D eigenvalue weighted by molar-refractivity contribution is -0.136. The number of piperidine rings is 1. The number of fused-ring (bicyclic) bond motifs is 1. The van der Waals surface area contributed by atoms with Crippen LogP contribution in [-0.2, 0) is 22.6 Å². The van der Waals surface area contributed by atoms with Gasteiger partial charge < -0.3 is 4.90 Å². The molecule has 0 aromatic heterocycles. The summed E-state index contributed by atoms with van der Waals surface area (Å²) in [5.41, 5.74) is 2.00. The lowest BCUT2D eigenvalue weighted by atomic mass is 9.98. The van der Waals surface area contributed by atoms with Crippen LogP contribution < -0.4 is 5.32 Å². The highest BCUT2D eigenvalue weighted by Gasteiger charge is 2.40. The van der Waals surface area contributed by atoms with Crippen molar-refractivity contribution < 1.29 is 18.8 Å². The number of carbonyl (C=O) groups is 3. The van der Waals surface area contributed by atoms with Gasteiger partial charge >= 0.3 is 0 Å². The fourth-order valence-corrected chi connectivity index (χ4v) is 3.91. The topological polar surface area (TPSA) is 66.5 Å². The van der Waals surface area contributed by atoms with E-state index in [4.69, 9.17) is 0 Å². The monoisotopic (exact) mass is 410 g/mol. The minimum atomic E-state index is -0.665. The van der Waals surface area contributed by atoms with Gasteiger partial charge in [-0.05, 0) is 48.9 Å². The molecule has 25 heavy (non-hydrogen) atoms. The lowest BCUT2D eigenvalue weighted by Crippen LogP contribution is -2.52. The highest BCUT2D eigenvalue weighted by Crippen LogP contribution is 2.31. The third-order valence-electron chi connectivity index (χ3n) is 4.79. The van der Waals surface area contributed by atoms with Crippen molar-refractivity contribution in [1.29, 1.82) is 0 Å². The first kappa shape index (κ1) is 18.0. The predicted octanol–water partition coefficient (Wildman–Crippen LogP) is 2.69. The number of alkyl halides is 1. The Kier molecular flexibility index (Phi) is 5.51. The average Bonchev–Trinajstić information content (AvgIpc) is 2.89. The maximum atomic E-state index is 14.0. The molecule has 0 spiro atoms. The molecule has 2 aliphatic heterocycles. The number of unbranched alkanes of at least 4 members (excludes halogenated alkanes) is 2. The van der Waals surface area contributed by atoms with Crippen LogP contribution in [-0.4, -0.2) is 34.0 Å². The van der Waals surface area contributed by atoms with Gasteiger partial charge in [0.1, 0.15) is 11.9 Å². The summed E-state index contributed by atoms with van der Waals surface area (Å²) >= 11 is 3.39. The zero-order valence-electron chi connectivity index (χ0n) is 13.8. The molecule has 7 heteroatoms. The Bertz CT molecular complexity index is 723. The summed E-state index contributed by atoms with van der Waals surface area (Å²) in [4.78, 5) is 37.6. The Morgan fingerprint density at radius 1 is 1.20 bits per heavy atom. The van der Waals surface area contributed by atoms with Gasteiger partial charge in [0.2, 0.25) is 11.8 Å². The Balaban J connectivity index is 1.80. The van der Waals surface area contributed by atoms with Gasteiger partial charge in [0.05, 0.1) is 0 Å². The number of hydrogen-bond acceptors (Lipinski definition) is 3. The fraction of sp³-hybridized carbons (Fsp3) is 0.500. The number of hydrogen-bond donors (Lipinski definition) is 1. The summed E-state index contributed by atoms with van der Waals surface area (Å²) in [6, 6.07) is 2.08. The van der Waals surface area contributed by atoms with Crippen molar-refractivity contribution in [2.45, 2.75) is 51.1 Å². The minimum Gasteiger partial charge on any atom is -0.322 e. The summed E-state index contributed by atoms with van der Waals surface area (Å²) in [7, 11) is 0. The van der Waals surface area contributed by atoms with Gasteiger partial charge in [0, 0.05) is 23.9 Å². The highest BCUT2D eigenvalue weighted by atomic mass is 79.9. The average molecular weight is 411 g/mol. The van der Waals surface area contributed by atoms with E-state index in [1.165, 1.54) is 17.0 Å². The third-order valence-corrected chi connectivity index (χ3v) is 5.35. The zero-order valence-corrected chi connectivity index (χ0v) is 15.4. The van der Waals surface area contributed by atoms with E-state index < -0.39 is 17.8 Å². The predicted molar refractivity (Wildman–Crippen MR) is 93.8 cm³/mol. The number of rotatable bonds is 6. The van der Waals surface area contributed by atoms with Crippen molar-refractivity contribution in [2.24, 2.45) is 0 Å².